The molecule has 2 N–H and O–H groups in total. The molecule has 134 valence electrons. The molecule has 0 aliphatic rings. The number of hydrogen-bond acceptors (Lipinski definition) is 3. The fourth-order valence-corrected chi connectivity index (χ4v) is 2.67. The number of amides is 1. The van der Waals surface area contributed by atoms with Crippen LogP contribution >= 0.6 is 0 Å². The van der Waals surface area contributed by atoms with E-state index in [4.69, 9.17) is 5.73 Å². The second-order valence-electron chi connectivity index (χ2n) is 6.14. The summed E-state index contributed by atoms with van der Waals surface area (Å²) in [6.45, 7) is 2.47. The van der Waals surface area contributed by atoms with Crippen LogP contribution in [-0.4, -0.2) is 48.9 Å². The first-order valence-corrected chi connectivity index (χ1v) is 8.54. The highest BCUT2D eigenvalue weighted by Crippen LogP contribution is 2.09. The molecule has 0 bridgehead atoms. The van der Waals surface area contributed by atoms with Crippen LogP contribution in [-0.2, 0) is 17.8 Å². The zero-order chi connectivity index (χ0) is 18.1. The number of halogens is 1. The van der Waals surface area contributed by atoms with Crippen molar-refractivity contribution in [3.63, 3.8) is 0 Å². The van der Waals surface area contributed by atoms with Gasteiger partial charge in [0, 0.05) is 38.8 Å². The van der Waals surface area contributed by atoms with E-state index in [0.29, 0.717) is 18.7 Å². The van der Waals surface area contributed by atoms with Crippen LogP contribution in [0.15, 0.2) is 54.6 Å². The standard InChI is InChI=1S/C20H26FN3O/c1-23(15-18-9-5-6-10-19(18)21)20(25)16-24(14-12-22)13-11-17-7-3-2-4-8-17/h2-10H,11-16,22H2,1H3. The molecule has 1 amide bonds. The Morgan fingerprint density at radius 2 is 1.72 bits per heavy atom. The second-order valence-corrected chi connectivity index (χ2v) is 6.14. The van der Waals surface area contributed by atoms with E-state index in [2.05, 4.69) is 12.1 Å². The van der Waals surface area contributed by atoms with Crippen LogP contribution in [0.1, 0.15) is 11.1 Å². The van der Waals surface area contributed by atoms with Gasteiger partial charge in [-0.1, -0.05) is 48.5 Å². The van der Waals surface area contributed by atoms with Gasteiger partial charge in [-0.05, 0) is 18.1 Å². The lowest BCUT2D eigenvalue weighted by molar-refractivity contribution is -0.131. The highest BCUT2D eigenvalue weighted by molar-refractivity contribution is 5.78. The van der Waals surface area contributed by atoms with Gasteiger partial charge < -0.3 is 10.6 Å². The van der Waals surface area contributed by atoms with Gasteiger partial charge in [-0.15, -0.1) is 0 Å². The summed E-state index contributed by atoms with van der Waals surface area (Å²) in [4.78, 5) is 16.1. The van der Waals surface area contributed by atoms with Gasteiger partial charge in [0.1, 0.15) is 5.82 Å². The Bertz CT molecular complexity index is 663. The van der Waals surface area contributed by atoms with E-state index in [0.717, 1.165) is 13.0 Å². The fraction of sp³-hybridized carbons (Fsp3) is 0.350. The molecule has 2 rings (SSSR count). The molecule has 0 saturated heterocycles. The predicted octanol–water partition coefficient (Wildman–Crippen LogP) is 2.29. The number of carbonyl (C=O) groups excluding carboxylic acids is 1. The van der Waals surface area contributed by atoms with E-state index in [1.165, 1.54) is 11.6 Å². The van der Waals surface area contributed by atoms with Crippen molar-refractivity contribution in [1.29, 1.82) is 0 Å². The third-order valence-electron chi connectivity index (χ3n) is 4.15. The molecule has 0 unspecified atom stereocenters. The second kappa shape index (κ2) is 9.91. The molecule has 2 aromatic rings. The van der Waals surface area contributed by atoms with Crippen molar-refractivity contribution in [3.8, 4) is 0 Å². The Labute approximate surface area is 149 Å². The van der Waals surface area contributed by atoms with Crippen LogP contribution in [0, 0.1) is 5.82 Å². The number of hydrogen-bond donors (Lipinski definition) is 1. The monoisotopic (exact) mass is 343 g/mol. The summed E-state index contributed by atoms with van der Waals surface area (Å²) >= 11 is 0. The molecule has 0 saturated carbocycles. The van der Waals surface area contributed by atoms with E-state index in [1.807, 2.05) is 23.1 Å². The number of nitrogens with zero attached hydrogens (tertiary/aromatic N) is 2. The molecule has 2 aromatic carbocycles. The van der Waals surface area contributed by atoms with Gasteiger partial charge in [0.05, 0.1) is 6.54 Å². The van der Waals surface area contributed by atoms with Gasteiger partial charge in [-0.25, -0.2) is 4.39 Å². The van der Waals surface area contributed by atoms with Crippen LogP contribution in [0.25, 0.3) is 0 Å². The van der Waals surface area contributed by atoms with Crippen molar-refractivity contribution in [2.45, 2.75) is 13.0 Å². The lowest BCUT2D eigenvalue weighted by atomic mass is 10.1. The van der Waals surface area contributed by atoms with E-state index < -0.39 is 0 Å². The summed E-state index contributed by atoms with van der Waals surface area (Å²) in [6.07, 6.45) is 0.866. The lowest BCUT2D eigenvalue weighted by Gasteiger charge is -2.25. The van der Waals surface area contributed by atoms with Crippen molar-refractivity contribution in [1.82, 2.24) is 9.80 Å². The highest BCUT2D eigenvalue weighted by atomic mass is 19.1. The molecule has 0 spiro atoms. The Kier molecular flexibility index (Phi) is 7.57. The Hall–Kier alpha value is -2.24. The van der Waals surface area contributed by atoms with Gasteiger partial charge in [0.2, 0.25) is 5.91 Å². The first kappa shape index (κ1) is 19.1. The van der Waals surface area contributed by atoms with E-state index in [9.17, 15) is 9.18 Å². The van der Waals surface area contributed by atoms with Crippen molar-refractivity contribution in [3.05, 3.63) is 71.5 Å². The SMILES string of the molecule is CN(Cc1ccccc1F)C(=O)CN(CCN)CCc1ccccc1. The van der Waals surface area contributed by atoms with E-state index in [1.54, 1.807) is 30.1 Å². The minimum absolute atomic E-state index is 0.0373. The maximum absolute atomic E-state index is 13.7. The number of benzene rings is 2. The molecule has 0 aromatic heterocycles. The fourth-order valence-electron chi connectivity index (χ4n) is 2.67. The summed E-state index contributed by atoms with van der Waals surface area (Å²) < 4.78 is 13.7. The molecule has 4 nitrogen and oxygen atoms in total. The first-order valence-electron chi connectivity index (χ1n) is 8.54. The summed E-state index contributed by atoms with van der Waals surface area (Å²) in [5.74, 6) is -0.324. The largest absolute Gasteiger partial charge is 0.340 e. The summed E-state index contributed by atoms with van der Waals surface area (Å²) in [7, 11) is 1.70. The summed E-state index contributed by atoms with van der Waals surface area (Å²) in [5.41, 5.74) is 7.43. The highest BCUT2D eigenvalue weighted by Gasteiger charge is 2.15. The zero-order valence-electron chi connectivity index (χ0n) is 14.7. The molecule has 5 heteroatoms. The number of rotatable bonds is 9. The molecule has 0 heterocycles. The topological polar surface area (TPSA) is 49.6 Å². The van der Waals surface area contributed by atoms with Crippen molar-refractivity contribution < 1.29 is 9.18 Å². The molecule has 0 aliphatic carbocycles. The van der Waals surface area contributed by atoms with Crippen LogP contribution in [0.3, 0.4) is 0 Å². The molecule has 0 fully saturated rings. The smallest absolute Gasteiger partial charge is 0.236 e. The van der Waals surface area contributed by atoms with Gasteiger partial charge in [0.25, 0.3) is 0 Å². The minimum atomic E-state index is -0.287. The average molecular weight is 343 g/mol. The van der Waals surface area contributed by atoms with E-state index >= 15 is 0 Å². The average Bonchev–Trinajstić information content (AvgIpc) is 2.62. The van der Waals surface area contributed by atoms with Crippen molar-refractivity contribution in [2.75, 3.05) is 33.2 Å². The predicted molar refractivity (Wildman–Crippen MR) is 98.5 cm³/mol. The van der Waals surface area contributed by atoms with E-state index in [-0.39, 0.29) is 24.8 Å². The molecular formula is C20H26FN3O. The normalized spacial score (nSPS) is 10.9. The first-order chi connectivity index (χ1) is 12.1. The van der Waals surface area contributed by atoms with Gasteiger partial charge in [-0.3, -0.25) is 9.69 Å². The maximum Gasteiger partial charge on any atom is 0.236 e. The molecular weight excluding hydrogens is 317 g/mol. The Balaban J connectivity index is 1.89. The Morgan fingerprint density at radius 3 is 2.40 bits per heavy atom. The summed E-state index contributed by atoms with van der Waals surface area (Å²) in [6, 6.07) is 16.7. The zero-order valence-corrected chi connectivity index (χ0v) is 14.7. The number of likely N-dealkylation sites (N-methyl/N-ethyl adjacent to an activating group) is 1. The molecule has 25 heavy (non-hydrogen) atoms. The Morgan fingerprint density at radius 1 is 1.04 bits per heavy atom. The summed E-state index contributed by atoms with van der Waals surface area (Å²) in [5, 5.41) is 0. The number of nitrogens with two attached hydrogens (primary N) is 1. The van der Waals surface area contributed by atoms with Crippen molar-refractivity contribution in [2.24, 2.45) is 5.73 Å². The van der Waals surface area contributed by atoms with Crippen LogP contribution < -0.4 is 5.73 Å². The molecule has 0 radical (unpaired) electrons. The van der Waals surface area contributed by atoms with Gasteiger partial charge in [0.15, 0.2) is 0 Å². The third-order valence-corrected chi connectivity index (χ3v) is 4.15. The minimum Gasteiger partial charge on any atom is -0.340 e. The quantitative estimate of drug-likeness (QED) is 0.760. The molecule has 0 aliphatic heterocycles. The van der Waals surface area contributed by atoms with Crippen LogP contribution in [0.4, 0.5) is 4.39 Å². The lowest BCUT2D eigenvalue weighted by Crippen LogP contribution is -2.41. The van der Waals surface area contributed by atoms with Crippen molar-refractivity contribution >= 4 is 5.91 Å². The van der Waals surface area contributed by atoms with Crippen LogP contribution in [0.2, 0.25) is 0 Å². The molecule has 0 atom stereocenters. The maximum atomic E-state index is 13.7. The van der Waals surface area contributed by atoms with Gasteiger partial charge >= 0.3 is 0 Å². The number of carbonyl (C=O) groups is 1. The van der Waals surface area contributed by atoms with Crippen LogP contribution in [0.5, 0.6) is 0 Å². The third kappa shape index (κ3) is 6.29. The van der Waals surface area contributed by atoms with Gasteiger partial charge in [-0.2, -0.15) is 0 Å².